The van der Waals surface area contributed by atoms with Crippen LogP contribution in [0.3, 0.4) is 0 Å². The van der Waals surface area contributed by atoms with Crippen LogP contribution in [0.1, 0.15) is 31.9 Å². The molecule has 0 heterocycles. The minimum atomic E-state index is -3.11. The van der Waals surface area contributed by atoms with Crippen molar-refractivity contribution in [3.8, 4) is 0 Å². The zero-order valence-corrected chi connectivity index (χ0v) is 15.1. The highest BCUT2D eigenvalue weighted by Crippen LogP contribution is 2.51. The average Bonchev–Trinajstić information content (AvgIpc) is 2.52. The Balaban J connectivity index is 2.72. The predicted octanol–water partition coefficient (Wildman–Crippen LogP) is 3.10. The van der Waals surface area contributed by atoms with Gasteiger partial charge in [0.15, 0.2) is 0 Å². The number of hydrogen-bond donors (Lipinski definition) is 1. The van der Waals surface area contributed by atoms with E-state index in [0.717, 1.165) is 11.1 Å². The van der Waals surface area contributed by atoms with Gasteiger partial charge < -0.3 is 19.1 Å². The molecule has 23 heavy (non-hydrogen) atoms. The van der Waals surface area contributed by atoms with Gasteiger partial charge in [-0.2, -0.15) is 0 Å². The quantitative estimate of drug-likeness (QED) is 0.520. The van der Waals surface area contributed by atoms with E-state index in [2.05, 4.69) is 10.1 Å². The standard InChI is InChI=1S/C16H26NO5P/c1-5-21-23(19,22-6-2)12-15-9-7-8-14(10-15)11-17-13(3)16(18)20-4/h7-10,13,17H,5-6,11-12H2,1-4H3/t13-/m0/s1. The molecule has 1 N–H and O–H groups in total. The maximum atomic E-state index is 12.6. The summed E-state index contributed by atoms with van der Waals surface area (Å²) in [4.78, 5) is 11.4. The minimum absolute atomic E-state index is 0.231. The molecule has 6 nitrogen and oxygen atoms in total. The monoisotopic (exact) mass is 343 g/mol. The molecular weight excluding hydrogens is 317 g/mol. The highest BCUT2D eigenvalue weighted by atomic mass is 31.2. The third-order valence-corrected chi connectivity index (χ3v) is 5.24. The van der Waals surface area contributed by atoms with E-state index < -0.39 is 7.60 Å². The molecule has 0 fully saturated rings. The number of rotatable bonds is 10. The third-order valence-electron chi connectivity index (χ3n) is 3.19. The minimum Gasteiger partial charge on any atom is -0.468 e. The molecule has 0 aliphatic heterocycles. The number of benzene rings is 1. The lowest BCUT2D eigenvalue weighted by molar-refractivity contribution is -0.142. The summed E-state index contributed by atoms with van der Waals surface area (Å²) in [6.07, 6.45) is 0.231. The molecule has 0 aliphatic rings. The first-order valence-corrected chi connectivity index (χ1v) is 9.44. The summed E-state index contributed by atoms with van der Waals surface area (Å²) in [6.45, 7) is 6.52. The van der Waals surface area contributed by atoms with Crippen LogP contribution in [0.2, 0.25) is 0 Å². The maximum Gasteiger partial charge on any atom is 0.335 e. The number of hydrogen-bond acceptors (Lipinski definition) is 6. The third kappa shape index (κ3) is 6.83. The highest BCUT2D eigenvalue weighted by molar-refractivity contribution is 7.53. The number of ether oxygens (including phenoxy) is 1. The van der Waals surface area contributed by atoms with Crippen LogP contribution in [0.25, 0.3) is 0 Å². The van der Waals surface area contributed by atoms with Gasteiger partial charge in [-0.3, -0.25) is 9.36 Å². The van der Waals surface area contributed by atoms with Crippen LogP contribution >= 0.6 is 7.60 Å². The Kier molecular flexibility index (Phi) is 8.48. The molecule has 7 heteroatoms. The van der Waals surface area contributed by atoms with Gasteiger partial charge in [0.25, 0.3) is 0 Å². The number of methoxy groups -OCH3 is 1. The van der Waals surface area contributed by atoms with E-state index in [1.54, 1.807) is 20.8 Å². The molecule has 0 saturated heterocycles. The molecule has 0 saturated carbocycles. The van der Waals surface area contributed by atoms with E-state index in [4.69, 9.17) is 9.05 Å². The molecule has 1 atom stereocenters. The van der Waals surface area contributed by atoms with E-state index in [1.807, 2.05) is 24.3 Å². The van der Waals surface area contributed by atoms with Crippen LogP contribution in [0, 0.1) is 0 Å². The zero-order valence-electron chi connectivity index (χ0n) is 14.2. The Hall–Kier alpha value is -1.20. The number of carbonyl (C=O) groups is 1. The smallest absolute Gasteiger partial charge is 0.335 e. The Morgan fingerprint density at radius 2 is 1.83 bits per heavy atom. The zero-order chi connectivity index (χ0) is 17.3. The Labute approximate surface area is 138 Å². The fraction of sp³-hybridized carbons (Fsp3) is 0.562. The lowest BCUT2D eigenvalue weighted by Crippen LogP contribution is -2.34. The van der Waals surface area contributed by atoms with Crippen molar-refractivity contribution in [1.82, 2.24) is 5.32 Å². The first kappa shape index (κ1) is 19.8. The number of carbonyl (C=O) groups excluding carboxylic acids is 1. The van der Waals surface area contributed by atoms with E-state index in [-0.39, 0.29) is 18.2 Å². The van der Waals surface area contributed by atoms with Gasteiger partial charge in [-0.25, -0.2) is 0 Å². The molecule has 130 valence electrons. The first-order valence-electron chi connectivity index (χ1n) is 7.71. The number of nitrogens with one attached hydrogen (secondary N) is 1. The Morgan fingerprint density at radius 3 is 2.39 bits per heavy atom. The molecule has 0 aliphatic carbocycles. The molecule has 0 spiro atoms. The summed E-state index contributed by atoms with van der Waals surface area (Å²) in [7, 11) is -1.75. The second-order valence-electron chi connectivity index (χ2n) is 5.05. The van der Waals surface area contributed by atoms with Gasteiger partial charge in [0.2, 0.25) is 0 Å². The number of esters is 1. The lowest BCUT2D eigenvalue weighted by Gasteiger charge is -2.17. The summed E-state index contributed by atoms with van der Waals surface area (Å²) in [5.41, 5.74) is 1.86. The normalized spacial score (nSPS) is 12.9. The summed E-state index contributed by atoms with van der Waals surface area (Å²) >= 11 is 0. The van der Waals surface area contributed by atoms with Gasteiger partial charge in [0, 0.05) is 6.54 Å². The van der Waals surface area contributed by atoms with Crippen LogP contribution < -0.4 is 5.32 Å². The van der Waals surface area contributed by atoms with Crippen molar-refractivity contribution in [1.29, 1.82) is 0 Å². The van der Waals surface area contributed by atoms with Crippen LogP contribution in [0.5, 0.6) is 0 Å². The molecular formula is C16H26NO5P. The van der Waals surface area contributed by atoms with Crippen molar-refractivity contribution in [2.24, 2.45) is 0 Å². The van der Waals surface area contributed by atoms with Crippen molar-refractivity contribution < 1.29 is 23.1 Å². The van der Waals surface area contributed by atoms with Crippen molar-refractivity contribution in [3.63, 3.8) is 0 Å². The fourth-order valence-electron chi connectivity index (χ4n) is 2.11. The average molecular weight is 343 g/mol. The Morgan fingerprint density at radius 1 is 1.22 bits per heavy atom. The van der Waals surface area contributed by atoms with Gasteiger partial charge in [-0.05, 0) is 31.9 Å². The van der Waals surface area contributed by atoms with Crippen LogP contribution in [-0.2, 0) is 35.9 Å². The summed E-state index contributed by atoms with van der Waals surface area (Å²) in [6, 6.07) is 7.26. The van der Waals surface area contributed by atoms with Gasteiger partial charge in [0.05, 0.1) is 26.5 Å². The summed E-state index contributed by atoms with van der Waals surface area (Å²) < 4.78 is 27.9. The first-order chi connectivity index (χ1) is 10.9. The molecule has 0 amide bonds. The predicted molar refractivity (Wildman–Crippen MR) is 89.3 cm³/mol. The van der Waals surface area contributed by atoms with Crippen molar-refractivity contribution in [3.05, 3.63) is 35.4 Å². The highest BCUT2D eigenvalue weighted by Gasteiger charge is 2.24. The maximum absolute atomic E-state index is 12.6. The van der Waals surface area contributed by atoms with Gasteiger partial charge in [-0.15, -0.1) is 0 Å². The summed E-state index contributed by atoms with van der Waals surface area (Å²) in [5, 5.41) is 3.08. The van der Waals surface area contributed by atoms with Gasteiger partial charge in [0.1, 0.15) is 6.04 Å². The second kappa shape index (κ2) is 9.83. The molecule has 0 radical (unpaired) electrons. The van der Waals surface area contributed by atoms with Crippen molar-refractivity contribution >= 4 is 13.6 Å². The van der Waals surface area contributed by atoms with Crippen LogP contribution in [-0.4, -0.2) is 32.3 Å². The van der Waals surface area contributed by atoms with Crippen molar-refractivity contribution in [2.75, 3.05) is 20.3 Å². The largest absolute Gasteiger partial charge is 0.468 e. The molecule has 1 aromatic carbocycles. The van der Waals surface area contributed by atoms with Crippen LogP contribution in [0.15, 0.2) is 24.3 Å². The molecule has 1 rings (SSSR count). The Bertz CT molecular complexity index is 539. The second-order valence-corrected chi connectivity index (χ2v) is 7.10. The van der Waals surface area contributed by atoms with Crippen LogP contribution in [0.4, 0.5) is 0 Å². The molecule has 0 aromatic heterocycles. The van der Waals surface area contributed by atoms with E-state index in [9.17, 15) is 9.36 Å². The SMILES string of the molecule is CCOP(=O)(Cc1cccc(CN[C@@H](C)C(=O)OC)c1)OCC. The molecule has 1 aromatic rings. The van der Waals surface area contributed by atoms with E-state index in [0.29, 0.717) is 19.8 Å². The van der Waals surface area contributed by atoms with Gasteiger partial charge in [-0.1, -0.05) is 24.3 Å². The van der Waals surface area contributed by atoms with Crippen molar-refractivity contribution in [2.45, 2.75) is 39.5 Å². The van der Waals surface area contributed by atoms with E-state index in [1.165, 1.54) is 7.11 Å². The molecule has 0 unspecified atom stereocenters. The fourth-order valence-corrected chi connectivity index (χ4v) is 3.80. The molecule has 0 bridgehead atoms. The summed E-state index contributed by atoms with van der Waals surface area (Å²) in [5.74, 6) is -0.307. The lowest BCUT2D eigenvalue weighted by atomic mass is 10.1. The topological polar surface area (TPSA) is 73.9 Å². The van der Waals surface area contributed by atoms with Gasteiger partial charge >= 0.3 is 13.6 Å². The van der Waals surface area contributed by atoms with E-state index >= 15 is 0 Å².